The van der Waals surface area contributed by atoms with Gasteiger partial charge in [0.15, 0.2) is 29.1 Å². The first-order valence-electron chi connectivity index (χ1n) is 20.1. The van der Waals surface area contributed by atoms with Crippen molar-refractivity contribution in [3.05, 3.63) is 168 Å². The van der Waals surface area contributed by atoms with Gasteiger partial charge in [-0.15, -0.1) is 0 Å². The van der Waals surface area contributed by atoms with E-state index in [0.717, 1.165) is 50.1 Å². The predicted octanol–water partition coefficient (Wildman–Crippen LogP) is 11.6. The molecule has 0 unspecified atom stereocenters. The second kappa shape index (κ2) is 15.4. The van der Waals surface area contributed by atoms with E-state index >= 15 is 13.2 Å². The van der Waals surface area contributed by atoms with Crippen LogP contribution in [0.5, 0.6) is 0 Å². The fourth-order valence-electron chi connectivity index (χ4n) is 8.05. The Bertz CT molecular complexity index is 3180. The van der Waals surface area contributed by atoms with Crippen LogP contribution in [-0.2, 0) is 6.18 Å². The van der Waals surface area contributed by atoms with Gasteiger partial charge in [0.05, 0.1) is 16.6 Å². The van der Waals surface area contributed by atoms with Gasteiger partial charge in [-0.05, 0) is 99.5 Å². The van der Waals surface area contributed by atoms with Gasteiger partial charge >= 0.3 is 6.18 Å². The molecular formula is C50H35F3N10. The van der Waals surface area contributed by atoms with Crippen LogP contribution in [0.25, 0.3) is 95.6 Å². The molecule has 0 atom stereocenters. The minimum Gasteiger partial charge on any atom is -0.309 e. The van der Waals surface area contributed by atoms with Crippen molar-refractivity contribution in [2.75, 3.05) is 0 Å². The summed E-state index contributed by atoms with van der Waals surface area (Å²) in [5.41, 5.74) is 5.14. The fraction of sp³-hybridized carbons (Fsp3) is 0.100. The first-order valence-corrected chi connectivity index (χ1v) is 20.1. The Morgan fingerprint density at radius 3 is 1.30 bits per heavy atom. The maximum Gasteiger partial charge on any atom is 0.417 e. The Morgan fingerprint density at radius 1 is 0.365 bits per heavy atom. The third kappa shape index (κ3) is 7.43. The topological polar surface area (TPSA) is 121 Å². The smallest absolute Gasteiger partial charge is 0.309 e. The predicted molar refractivity (Wildman–Crippen MR) is 238 cm³/mol. The van der Waals surface area contributed by atoms with E-state index in [2.05, 4.69) is 29.9 Å². The average Bonchev–Trinajstić information content (AvgIpc) is 3.61. The zero-order valence-corrected chi connectivity index (χ0v) is 34.4. The molecule has 13 heteroatoms. The molecule has 0 aliphatic carbocycles. The van der Waals surface area contributed by atoms with Crippen molar-refractivity contribution >= 4 is 21.8 Å². The first-order chi connectivity index (χ1) is 30.5. The van der Waals surface area contributed by atoms with Crippen LogP contribution in [0.15, 0.2) is 140 Å². The number of aromatic nitrogens is 10. The Hall–Kier alpha value is -8.06. The summed E-state index contributed by atoms with van der Waals surface area (Å²) in [6.45, 7) is 7.31. The lowest BCUT2D eigenvalue weighted by atomic mass is 9.93. The molecule has 0 bridgehead atoms. The number of rotatable bonds is 7. The number of halogens is 3. The zero-order chi connectivity index (χ0) is 43.4. The highest BCUT2D eigenvalue weighted by Gasteiger charge is 2.34. The summed E-state index contributed by atoms with van der Waals surface area (Å²) in [5.74, 6) is 4.45. The molecule has 0 aliphatic rings. The Balaban J connectivity index is 1.25. The van der Waals surface area contributed by atoms with Crippen LogP contribution in [0.2, 0.25) is 0 Å². The second-order valence-corrected chi connectivity index (χ2v) is 15.1. The molecule has 6 aromatic carbocycles. The molecule has 63 heavy (non-hydrogen) atoms. The van der Waals surface area contributed by atoms with Crippen molar-refractivity contribution in [3.63, 3.8) is 0 Å². The van der Waals surface area contributed by atoms with Crippen molar-refractivity contribution in [3.8, 4) is 73.8 Å². The molecule has 4 aromatic heterocycles. The van der Waals surface area contributed by atoms with Crippen molar-refractivity contribution in [1.29, 1.82) is 0 Å². The van der Waals surface area contributed by atoms with Crippen molar-refractivity contribution in [2.24, 2.45) is 0 Å². The van der Waals surface area contributed by atoms with E-state index in [0.29, 0.717) is 63.4 Å². The summed E-state index contributed by atoms with van der Waals surface area (Å²) >= 11 is 0. The van der Waals surface area contributed by atoms with E-state index in [1.165, 1.54) is 12.1 Å². The highest BCUT2D eigenvalue weighted by molar-refractivity contribution is 6.11. The number of alkyl halides is 3. The quantitative estimate of drug-likeness (QED) is 0.154. The van der Waals surface area contributed by atoms with Crippen LogP contribution in [0.3, 0.4) is 0 Å². The summed E-state index contributed by atoms with van der Waals surface area (Å²) in [6, 6.07) is 41.9. The molecule has 0 saturated carbocycles. The standard InChI is InChI=1S/C50H35F3N10/c1-28-54-29(2)57-47(56-28)34-19-23-43-40(25-34)41-26-35(48-58-30(3)55-31(4)59-48)20-24-44(41)63(43)36-21-22-38(39(27-36)37-17-11-12-18-42(37)50(51,52)53)49-61-45(32-13-7-5-8-14-32)60-46(62-49)33-15-9-6-10-16-33/h5-27H,1-4H3. The number of hydrogen-bond acceptors (Lipinski definition) is 9. The molecule has 10 nitrogen and oxygen atoms in total. The van der Waals surface area contributed by atoms with E-state index in [9.17, 15) is 0 Å². The van der Waals surface area contributed by atoms with E-state index in [-0.39, 0.29) is 11.4 Å². The number of benzene rings is 6. The highest BCUT2D eigenvalue weighted by Crippen LogP contribution is 2.43. The van der Waals surface area contributed by atoms with Gasteiger partial charge in [0.2, 0.25) is 0 Å². The number of fused-ring (bicyclic) bond motifs is 3. The van der Waals surface area contributed by atoms with Crippen LogP contribution in [0, 0.1) is 27.7 Å². The molecule has 0 radical (unpaired) electrons. The van der Waals surface area contributed by atoms with Crippen LogP contribution in [-0.4, -0.2) is 49.4 Å². The molecule has 10 rings (SSSR count). The third-order valence-electron chi connectivity index (χ3n) is 10.7. The highest BCUT2D eigenvalue weighted by atomic mass is 19.4. The lowest BCUT2D eigenvalue weighted by Crippen LogP contribution is -2.08. The van der Waals surface area contributed by atoms with Crippen LogP contribution < -0.4 is 0 Å². The normalized spacial score (nSPS) is 11.7. The van der Waals surface area contributed by atoms with Gasteiger partial charge in [-0.2, -0.15) is 13.2 Å². The maximum absolute atomic E-state index is 15.0. The van der Waals surface area contributed by atoms with Gasteiger partial charge < -0.3 is 4.57 Å². The second-order valence-electron chi connectivity index (χ2n) is 15.1. The molecule has 0 N–H and O–H groups in total. The van der Waals surface area contributed by atoms with Gasteiger partial charge in [-0.1, -0.05) is 78.9 Å². The SMILES string of the molecule is Cc1nc(C)nc(-c2ccc3c(c2)c2cc(-c4nc(C)nc(C)n4)ccc2n3-c2ccc(-c3nc(-c4ccccc4)nc(-c4ccccc4)n3)c(-c3ccccc3C(F)(F)F)c2)n1. The van der Waals surface area contributed by atoms with Crippen molar-refractivity contribution in [2.45, 2.75) is 33.9 Å². The van der Waals surface area contributed by atoms with Gasteiger partial charge in [0.1, 0.15) is 23.3 Å². The Kier molecular flexibility index (Phi) is 9.58. The minimum absolute atomic E-state index is 0.0173. The monoisotopic (exact) mass is 832 g/mol. The summed E-state index contributed by atoms with van der Waals surface area (Å²) in [6.07, 6.45) is -4.66. The van der Waals surface area contributed by atoms with E-state index in [4.69, 9.17) is 15.0 Å². The molecule has 0 aliphatic heterocycles. The van der Waals surface area contributed by atoms with Gasteiger partial charge in [-0.3, -0.25) is 0 Å². The minimum atomic E-state index is -4.66. The molecule has 4 heterocycles. The van der Waals surface area contributed by atoms with Gasteiger partial charge in [0.25, 0.3) is 0 Å². The third-order valence-corrected chi connectivity index (χ3v) is 10.7. The Morgan fingerprint density at radius 2 is 0.810 bits per heavy atom. The lowest BCUT2D eigenvalue weighted by molar-refractivity contribution is -0.137. The summed E-state index contributed by atoms with van der Waals surface area (Å²) < 4.78 is 47.1. The lowest BCUT2D eigenvalue weighted by Gasteiger charge is -2.18. The molecule has 0 saturated heterocycles. The first kappa shape index (κ1) is 39.1. The van der Waals surface area contributed by atoms with Gasteiger partial charge in [0, 0.05) is 44.3 Å². The molecule has 306 valence electrons. The van der Waals surface area contributed by atoms with Crippen LogP contribution in [0.4, 0.5) is 13.2 Å². The van der Waals surface area contributed by atoms with Crippen molar-refractivity contribution in [1.82, 2.24) is 49.4 Å². The molecule has 0 amide bonds. The summed E-state index contributed by atoms with van der Waals surface area (Å²) in [7, 11) is 0. The Labute approximate surface area is 359 Å². The zero-order valence-electron chi connectivity index (χ0n) is 34.4. The molecule has 10 aromatic rings. The molecular weight excluding hydrogens is 798 g/mol. The summed E-state index contributed by atoms with van der Waals surface area (Å²) in [5, 5.41) is 1.72. The average molecular weight is 833 g/mol. The summed E-state index contributed by atoms with van der Waals surface area (Å²) in [4.78, 5) is 42.0. The fourth-order valence-corrected chi connectivity index (χ4v) is 8.05. The largest absolute Gasteiger partial charge is 0.417 e. The maximum atomic E-state index is 15.0. The number of hydrogen-bond donors (Lipinski definition) is 0. The van der Waals surface area contributed by atoms with Crippen molar-refractivity contribution < 1.29 is 13.2 Å². The van der Waals surface area contributed by atoms with E-state index in [1.54, 1.807) is 18.2 Å². The van der Waals surface area contributed by atoms with Gasteiger partial charge in [-0.25, -0.2) is 44.9 Å². The van der Waals surface area contributed by atoms with E-state index < -0.39 is 11.7 Å². The number of nitrogens with zero attached hydrogens (tertiary/aromatic N) is 10. The van der Waals surface area contributed by atoms with Crippen LogP contribution in [0.1, 0.15) is 28.9 Å². The molecule has 0 fully saturated rings. The number of aryl methyl sites for hydroxylation is 4. The van der Waals surface area contributed by atoms with E-state index in [1.807, 2.05) is 135 Å². The molecule has 0 spiro atoms. The van der Waals surface area contributed by atoms with Crippen LogP contribution >= 0.6 is 0 Å².